The zero-order chi connectivity index (χ0) is 22.5. The van der Waals surface area contributed by atoms with E-state index in [1.165, 1.54) is 5.56 Å². The number of carbonyl (C=O) groups is 1. The Hall–Kier alpha value is -3.72. The highest BCUT2D eigenvalue weighted by Gasteiger charge is 2.36. The van der Waals surface area contributed by atoms with Gasteiger partial charge in [0, 0.05) is 23.3 Å². The van der Waals surface area contributed by atoms with Gasteiger partial charge in [-0.25, -0.2) is 4.68 Å². The molecule has 2 aliphatic rings. The Bertz CT molecular complexity index is 1270. The average Bonchev–Trinajstić information content (AvgIpc) is 3.21. The smallest absolute Gasteiger partial charge is 0.226 e. The molecule has 1 aliphatic heterocycles. The van der Waals surface area contributed by atoms with Gasteiger partial charge in [-0.15, -0.1) is 5.10 Å². The van der Waals surface area contributed by atoms with E-state index < -0.39 is 0 Å². The van der Waals surface area contributed by atoms with Gasteiger partial charge in [0.25, 0.3) is 0 Å². The molecular weight excluding hydrogens is 398 g/mol. The standard InChI is InChI=1S/C26H25N5O/c1-26(2,3)19-13-11-18(12-14-19)24-29-25-28-20-5-4-6-21(32)22(20)23(31(25)30-24)17-9-7-16(15-27)8-10-17/h7-14,23H,4-6H2,1-3H3,(H,28,29,30). The molecule has 1 aromatic heterocycles. The van der Waals surface area contributed by atoms with E-state index in [9.17, 15) is 10.1 Å². The normalized spacial score (nSPS) is 17.9. The predicted octanol–water partition coefficient (Wildman–Crippen LogP) is 5.14. The topological polar surface area (TPSA) is 83.6 Å². The van der Waals surface area contributed by atoms with Gasteiger partial charge in [-0.05, 0) is 41.5 Å². The van der Waals surface area contributed by atoms with Crippen LogP contribution in [0.25, 0.3) is 11.4 Å². The summed E-state index contributed by atoms with van der Waals surface area (Å²) in [6, 6.07) is 17.5. The van der Waals surface area contributed by atoms with Gasteiger partial charge in [-0.2, -0.15) is 10.2 Å². The second-order valence-electron chi connectivity index (χ2n) is 9.46. The SMILES string of the molecule is CC(C)(C)c1ccc(-c2nc3n(n2)C(c2ccc(C#N)cc2)C2=C(CCCC2=O)N3)cc1. The first-order valence-corrected chi connectivity index (χ1v) is 11.0. The minimum Gasteiger partial charge on any atom is -0.328 e. The molecule has 32 heavy (non-hydrogen) atoms. The Balaban J connectivity index is 1.60. The zero-order valence-electron chi connectivity index (χ0n) is 18.5. The van der Waals surface area contributed by atoms with Crippen molar-refractivity contribution in [3.63, 3.8) is 0 Å². The van der Waals surface area contributed by atoms with Crippen LogP contribution in [-0.2, 0) is 10.2 Å². The lowest BCUT2D eigenvalue weighted by molar-refractivity contribution is -0.116. The zero-order valence-corrected chi connectivity index (χ0v) is 18.5. The number of nitrogens with one attached hydrogen (secondary N) is 1. The Kier molecular flexibility index (Phi) is 4.70. The van der Waals surface area contributed by atoms with E-state index in [1.54, 1.807) is 12.1 Å². The monoisotopic (exact) mass is 423 g/mol. The number of Topliss-reactive ketones (excluding diaryl/α,β-unsaturated/α-hetero) is 1. The van der Waals surface area contributed by atoms with Crippen LogP contribution < -0.4 is 5.32 Å². The third-order valence-electron chi connectivity index (χ3n) is 6.23. The minimum absolute atomic E-state index is 0.0744. The maximum Gasteiger partial charge on any atom is 0.226 e. The maximum absolute atomic E-state index is 12.9. The molecule has 6 heteroatoms. The molecule has 0 fully saturated rings. The Morgan fingerprint density at radius 3 is 2.44 bits per heavy atom. The van der Waals surface area contributed by atoms with Crippen LogP contribution in [0.1, 0.15) is 62.8 Å². The summed E-state index contributed by atoms with van der Waals surface area (Å²) in [5.74, 6) is 1.41. The van der Waals surface area contributed by atoms with Crippen LogP contribution in [0.5, 0.6) is 0 Å². The molecular formula is C26H25N5O. The van der Waals surface area contributed by atoms with E-state index in [0.717, 1.165) is 35.2 Å². The number of fused-ring (bicyclic) bond motifs is 1. The number of nitrogens with zero attached hydrogens (tertiary/aromatic N) is 4. The summed E-state index contributed by atoms with van der Waals surface area (Å²) in [6.07, 6.45) is 2.19. The number of anilines is 1. The molecule has 0 amide bonds. The molecule has 1 unspecified atom stereocenters. The summed E-state index contributed by atoms with van der Waals surface area (Å²) in [7, 11) is 0. The molecule has 0 radical (unpaired) electrons. The van der Waals surface area contributed by atoms with Crippen LogP contribution in [0.15, 0.2) is 59.8 Å². The van der Waals surface area contributed by atoms with Crippen molar-refractivity contribution in [2.45, 2.75) is 51.5 Å². The first-order chi connectivity index (χ1) is 15.3. The van der Waals surface area contributed by atoms with Gasteiger partial charge >= 0.3 is 0 Å². The number of benzene rings is 2. The Morgan fingerprint density at radius 2 is 1.78 bits per heavy atom. The number of nitriles is 1. The van der Waals surface area contributed by atoms with Gasteiger partial charge in [-0.3, -0.25) is 4.79 Å². The van der Waals surface area contributed by atoms with Crippen LogP contribution in [0.2, 0.25) is 0 Å². The van der Waals surface area contributed by atoms with Gasteiger partial charge in [0.15, 0.2) is 11.6 Å². The third kappa shape index (κ3) is 3.40. The lowest BCUT2D eigenvalue weighted by Gasteiger charge is -2.32. The van der Waals surface area contributed by atoms with Gasteiger partial charge in [-0.1, -0.05) is 57.2 Å². The number of allylic oxidation sites excluding steroid dienone is 2. The van der Waals surface area contributed by atoms with Crippen LogP contribution >= 0.6 is 0 Å². The molecule has 0 spiro atoms. The molecule has 1 N–H and O–H groups in total. The van der Waals surface area contributed by atoms with Crippen molar-refractivity contribution in [2.24, 2.45) is 0 Å². The first-order valence-electron chi connectivity index (χ1n) is 11.0. The fraction of sp³-hybridized carbons (Fsp3) is 0.308. The molecule has 1 aliphatic carbocycles. The molecule has 3 aromatic rings. The molecule has 1 atom stereocenters. The molecule has 2 heterocycles. The highest BCUT2D eigenvalue weighted by Crippen LogP contribution is 2.40. The lowest BCUT2D eigenvalue weighted by atomic mass is 9.85. The van der Waals surface area contributed by atoms with Gasteiger partial charge in [0.1, 0.15) is 6.04 Å². The van der Waals surface area contributed by atoms with Crippen molar-refractivity contribution in [3.8, 4) is 17.5 Å². The summed E-state index contributed by atoms with van der Waals surface area (Å²) in [4.78, 5) is 17.7. The van der Waals surface area contributed by atoms with Gasteiger partial charge in [0.05, 0.1) is 11.6 Å². The van der Waals surface area contributed by atoms with Gasteiger partial charge in [0.2, 0.25) is 5.95 Å². The number of rotatable bonds is 2. The summed E-state index contributed by atoms with van der Waals surface area (Å²) >= 11 is 0. The summed E-state index contributed by atoms with van der Waals surface area (Å²) in [5.41, 5.74) is 5.47. The second-order valence-corrected chi connectivity index (χ2v) is 9.46. The number of ketones is 1. The van der Waals surface area contributed by atoms with Crippen LogP contribution in [-0.4, -0.2) is 20.5 Å². The molecule has 2 aromatic carbocycles. The van der Waals surface area contributed by atoms with E-state index in [0.29, 0.717) is 23.8 Å². The number of hydrogen-bond acceptors (Lipinski definition) is 5. The number of hydrogen-bond donors (Lipinski definition) is 1. The fourth-order valence-electron chi connectivity index (χ4n) is 4.45. The highest BCUT2D eigenvalue weighted by molar-refractivity contribution is 5.99. The summed E-state index contributed by atoms with van der Waals surface area (Å²) < 4.78 is 1.82. The fourth-order valence-corrected chi connectivity index (χ4v) is 4.45. The minimum atomic E-state index is -0.350. The molecule has 0 bridgehead atoms. The van der Waals surface area contributed by atoms with E-state index in [1.807, 2.05) is 16.8 Å². The largest absolute Gasteiger partial charge is 0.328 e. The molecule has 6 nitrogen and oxygen atoms in total. The van der Waals surface area contributed by atoms with Crippen molar-refractivity contribution in [3.05, 3.63) is 76.5 Å². The lowest BCUT2D eigenvalue weighted by Crippen LogP contribution is -2.31. The van der Waals surface area contributed by atoms with Crippen LogP contribution in [0, 0.1) is 11.3 Å². The van der Waals surface area contributed by atoms with E-state index in [-0.39, 0.29) is 17.2 Å². The predicted molar refractivity (Wildman–Crippen MR) is 123 cm³/mol. The highest BCUT2D eigenvalue weighted by atomic mass is 16.1. The quantitative estimate of drug-likeness (QED) is 0.617. The Labute approximate surface area is 187 Å². The van der Waals surface area contributed by atoms with Gasteiger partial charge < -0.3 is 5.32 Å². The number of carbonyl (C=O) groups excluding carboxylic acids is 1. The molecule has 0 saturated carbocycles. The molecule has 0 saturated heterocycles. The van der Waals surface area contributed by atoms with Crippen LogP contribution in [0.3, 0.4) is 0 Å². The van der Waals surface area contributed by atoms with Crippen molar-refractivity contribution in [1.29, 1.82) is 5.26 Å². The number of aromatic nitrogens is 3. The van der Waals surface area contributed by atoms with Crippen molar-refractivity contribution < 1.29 is 4.79 Å². The Morgan fingerprint density at radius 1 is 1.06 bits per heavy atom. The van der Waals surface area contributed by atoms with E-state index >= 15 is 0 Å². The third-order valence-corrected chi connectivity index (χ3v) is 6.23. The van der Waals surface area contributed by atoms with Crippen molar-refractivity contribution >= 4 is 11.7 Å². The van der Waals surface area contributed by atoms with E-state index in [2.05, 4.69) is 56.4 Å². The average molecular weight is 424 g/mol. The molecule has 160 valence electrons. The van der Waals surface area contributed by atoms with Crippen molar-refractivity contribution in [1.82, 2.24) is 14.8 Å². The first kappa shape index (κ1) is 20.2. The maximum atomic E-state index is 12.9. The van der Waals surface area contributed by atoms with Crippen molar-refractivity contribution in [2.75, 3.05) is 5.32 Å². The van der Waals surface area contributed by atoms with Crippen LogP contribution in [0.4, 0.5) is 5.95 Å². The van der Waals surface area contributed by atoms with E-state index in [4.69, 9.17) is 10.1 Å². The second kappa shape index (κ2) is 7.45. The summed E-state index contributed by atoms with van der Waals surface area (Å²) in [6.45, 7) is 6.57. The summed E-state index contributed by atoms with van der Waals surface area (Å²) in [5, 5.41) is 17.4. The molecule has 5 rings (SSSR count).